The number of carboxylic acids is 1. The fourth-order valence-corrected chi connectivity index (χ4v) is 2.18. The van der Waals surface area contributed by atoms with Gasteiger partial charge < -0.3 is 10.1 Å². The molecule has 5 nitrogen and oxygen atoms in total. The van der Waals surface area contributed by atoms with Crippen LogP contribution < -0.4 is 5.56 Å². The average Bonchev–Trinajstić information content (AvgIpc) is 2.70. The number of H-pyrrole nitrogens is 1. The molecular weight excluding hydrogens is 208 g/mol. The Bertz CT molecular complexity index is 447. The smallest absolute Gasteiger partial charge is 0.342 e. The van der Waals surface area contributed by atoms with Gasteiger partial charge in [0.05, 0.1) is 0 Å². The van der Waals surface area contributed by atoms with E-state index in [1.54, 1.807) is 0 Å². The van der Waals surface area contributed by atoms with Crippen molar-refractivity contribution in [1.82, 2.24) is 9.97 Å². The highest BCUT2D eigenvalue weighted by Gasteiger charge is 2.17. The molecule has 0 saturated heterocycles. The van der Waals surface area contributed by atoms with Crippen molar-refractivity contribution in [3.63, 3.8) is 0 Å². The molecule has 1 saturated carbocycles. The minimum absolute atomic E-state index is 0.296. The zero-order valence-corrected chi connectivity index (χ0v) is 8.90. The Hall–Kier alpha value is -1.65. The van der Waals surface area contributed by atoms with Crippen LogP contribution in [0.25, 0.3) is 0 Å². The summed E-state index contributed by atoms with van der Waals surface area (Å²) in [5, 5.41) is 8.68. The van der Waals surface area contributed by atoms with E-state index in [1.807, 2.05) is 0 Å². The number of nitrogens with one attached hydrogen (secondary N) is 1. The van der Waals surface area contributed by atoms with E-state index >= 15 is 0 Å². The molecule has 1 heterocycles. The summed E-state index contributed by atoms with van der Waals surface area (Å²) in [7, 11) is 0. The third kappa shape index (κ3) is 2.29. The molecule has 5 heteroatoms. The maximum absolute atomic E-state index is 11.4. The lowest BCUT2D eigenvalue weighted by Crippen LogP contribution is -2.21. The lowest BCUT2D eigenvalue weighted by atomic mass is 10.0. The summed E-state index contributed by atoms with van der Waals surface area (Å²) >= 11 is 0. The summed E-state index contributed by atoms with van der Waals surface area (Å²) in [6, 6.07) is 0. The normalized spacial score (nSPS) is 16.5. The molecule has 0 radical (unpaired) electrons. The van der Waals surface area contributed by atoms with Crippen LogP contribution in [-0.4, -0.2) is 21.0 Å². The second kappa shape index (κ2) is 4.47. The Morgan fingerprint density at radius 3 is 2.75 bits per heavy atom. The van der Waals surface area contributed by atoms with Gasteiger partial charge in [-0.05, 0) is 5.92 Å². The summed E-state index contributed by atoms with van der Waals surface area (Å²) in [6.07, 6.45) is 6.71. The van der Waals surface area contributed by atoms with Crippen molar-refractivity contribution in [3.8, 4) is 0 Å². The summed E-state index contributed by atoms with van der Waals surface area (Å²) in [4.78, 5) is 28.5. The molecule has 0 unspecified atom stereocenters. The lowest BCUT2D eigenvalue weighted by molar-refractivity contribution is 0.0694. The molecule has 0 spiro atoms. The molecule has 0 aliphatic heterocycles. The molecule has 0 bridgehead atoms. The summed E-state index contributed by atoms with van der Waals surface area (Å²) in [5.74, 6) is -0.0538. The third-order valence-electron chi connectivity index (χ3n) is 3.04. The van der Waals surface area contributed by atoms with Crippen molar-refractivity contribution in [2.45, 2.75) is 32.1 Å². The Balaban J connectivity index is 2.14. The molecule has 86 valence electrons. The number of rotatable bonds is 3. The van der Waals surface area contributed by atoms with Gasteiger partial charge in [-0.15, -0.1) is 0 Å². The van der Waals surface area contributed by atoms with Crippen LogP contribution in [0.2, 0.25) is 0 Å². The molecule has 16 heavy (non-hydrogen) atoms. The van der Waals surface area contributed by atoms with Crippen molar-refractivity contribution < 1.29 is 9.90 Å². The monoisotopic (exact) mass is 222 g/mol. The Morgan fingerprint density at radius 2 is 2.19 bits per heavy atom. The predicted molar refractivity (Wildman–Crippen MR) is 57.5 cm³/mol. The number of aromatic nitrogens is 2. The maximum Gasteiger partial charge on any atom is 0.342 e. The van der Waals surface area contributed by atoms with E-state index < -0.39 is 11.5 Å². The highest BCUT2D eigenvalue weighted by Crippen LogP contribution is 2.26. The van der Waals surface area contributed by atoms with Gasteiger partial charge in [-0.1, -0.05) is 25.7 Å². The lowest BCUT2D eigenvalue weighted by Gasteiger charge is -2.07. The quantitative estimate of drug-likeness (QED) is 0.805. The standard InChI is InChI=1S/C11H14N2O3/c14-10-8(11(15)16)6-12-9(13-10)5-7-3-1-2-4-7/h6-7H,1-5H2,(H,15,16)(H,12,13,14). The highest BCUT2D eigenvalue weighted by atomic mass is 16.4. The second-order valence-electron chi connectivity index (χ2n) is 4.23. The number of hydrogen-bond acceptors (Lipinski definition) is 3. The Kier molecular flexibility index (Phi) is 3.03. The van der Waals surface area contributed by atoms with Gasteiger partial charge in [-0.2, -0.15) is 0 Å². The van der Waals surface area contributed by atoms with Gasteiger partial charge in [0.2, 0.25) is 0 Å². The van der Waals surface area contributed by atoms with E-state index in [0.29, 0.717) is 11.7 Å². The van der Waals surface area contributed by atoms with Crippen molar-refractivity contribution >= 4 is 5.97 Å². The van der Waals surface area contributed by atoms with Gasteiger partial charge in [0.25, 0.3) is 5.56 Å². The number of hydrogen-bond donors (Lipinski definition) is 2. The molecule has 2 rings (SSSR count). The van der Waals surface area contributed by atoms with Crippen LogP contribution in [0.1, 0.15) is 41.9 Å². The van der Waals surface area contributed by atoms with E-state index in [4.69, 9.17) is 5.11 Å². The molecule has 1 aliphatic rings. The van der Waals surface area contributed by atoms with Crippen LogP contribution >= 0.6 is 0 Å². The molecule has 1 aromatic rings. The van der Waals surface area contributed by atoms with Crippen LogP contribution in [0.15, 0.2) is 11.0 Å². The average molecular weight is 222 g/mol. The van der Waals surface area contributed by atoms with E-state index in [1.165, 1.54) is 25.7 Å². The Morgan fingerprint density at radius 1 is 1.50 bits per heavy atom. The Labute approximate surface area is 92.5 Å². The molecule has 1 aliphatic carbocycles. The van der Waals surface area contributed by atoms with Crippen LogP contribution in [0, 0.1) is 5.92 Å². The zero-order valence-electron chi connectivity index (χ0n) is 8.90. The van der Waals surface area contributed by atoms with Gasteiger partial charge in [0.1, 0.15) is 11.4 Å². The summed E-state index contributed by atoms with van der Waals surface area (Å²) in [5.41, 5.74) is -0.856. The van der Waals surface area contributed by atoms with E-state index in [-0.39, 0.29) is 5.56 Å². The van der Waals surface area contributed by atoms with Crippen molar-refractivity contribution in [2.75, 3.05) is 0 Å². The number of nitrogens with zero attached hydrogens (tertiary/aromatic N) is 1. The van der Waals surface area contributed by atoms with Crippen LogP contribution in [0.4, 0.5) is 0 Å². The first kappa shape index (κ1) is 10.9. The minimum atomic E-state index is -1.24. The van der Waals surface area contributed by atoms with Crippen molar-refractivity contribution in [1.29, 1.82) is 0 Å². The highest BCUT2D eigenvalue weighted by molar-refractivity contribution is 5.86. The third-order valence-corrected chi connectivity index (χ3v) is 3.04. The van der Waals surface area contributed by atoms with Gasteiger partial charge in [0.15, 0.2) is 0 Å². The number of carboxylic acid groups (broad SMARTS) is 1. The minimum Gasteiger partial charge on any atom is -0.477 e. The number of aromatic carboxylic acids is 1. The number of carbonyl (C=O) groups is 1. The van der Waals surface area contributed by atoms with Gasteiger partial charge in [-0.3, -0.25) is 4.79 Å². The molecule has 2 N–H and O–H groups in total. The first-order chi connectivity index (χ1) is 7.66. The molecule has 1 aromatic heterocycles. The fourth-order valence-electron chi connectivity index (χ4n) is 2.18. The fraction of sp³-hybridized carbons (Fsp3) is 0.545. The zero-order chi connectivity index (χ0) is 11.5. The molecule has 1 fully saturated rings. The van der Waals surface area contributed by atoms with Crippen LogP contribution in [0.3, 0.4) is 0 Å². The van der Waals surface area contributed by atoms with Crippen molar-refractivity contribution in [3.05, 3.63) is 27.9 Å². The number of aromatic amines is 1. The van der Waals surface area contributed by atoms with Gasteiger partial charge >= 0.3 is 5.97 Å². The second-order valence-corrected chi connectivity index (χ2v) is 4.23. The molecular formula is C11H14N2O3. The summed E-state index contributed by atoms with van der Waals surface area (Å²) < 4.78 is 0. The van der Waals surface area contributed by atoms with E-state index in [0.717, 1.165) is 12.6 Å². The predicted octanol–water partition coefficient (Wildman–Crippen LogP) is 1.20. The largest absolute Gasteiger partial charge is 0.477 e. The first-order valence-corrected chi connectivity index (χ1v) is 5.48. The molecule has 0 amide bonds. The van der Waals surface area contributed by atoms with Crippen LogP contribution in [0.5, 0.6) is 0 Å². The summed E-state index contributed by atoms with van der Waals surface area (Å²) in [6.45, 7) is 0. The van der Waals surface area contributed by atoms with E-state index in [9.17, 15) is 9.59 Å². The van der Waals surface area contributed by atoms with E-state index in [2.05, 4.69) is 9.97 Å². The van der Waals surface area contributed by atoms with Crippen LogP contribution in [-0.2, 0) is 6.42 Å². The van der Waals surface area contributed by atoms with Gasteiger partial charge in [0, 0.05) is 12.6 Å². The molecule has 0 atom stereocenters. The maximum atomic E-state index is 11.4. The van der Waals surface area contributed by atoms with Crippen molar-refractivity contribution in [2.24, 2.45) is 5.92 Å². The van der Waals surface area contributed by atoms with Gasteiger partial charge in [-0.25, -0.2) is 9.78 Å². The SMILES string of the molecule is O=C(O)c1cnc(CC2CCCC2)[nH]c1=O. The topological polar surface area (TPSA) is 83.0 Å². The first-order valence-electron chi connectivity index (χ1n) is 5.48. The molecule has 0 aromatic carbocycles.